The Morgan fingerprint density at radius 2 is 1.92 bits per heavy atom. The Morgan fingerprint density at radius 1 is 1.29 bits per heavy atom. The molecule has 0 amide bonds. The van der Waals surface area contributed by atoms with E-state index in [-0.39, 0.29) is 17.7 Å². The molecule has 0 radical (unpaired) electrons. The van der Waals surface area contributed by atoms with Gasteiger partial charge in [-0.05, 0) is 31.5 Å². The molecule has 0 saturated heterocycles. The van der Waals surface area contributed by atoms with Crippen LogP contribution in [0.5, 0.6) is 0 Å². The molecule has 0 heterocycles. The van der Waals surface area contributed by atoms with Gasteiger partial charge in [-0.15, -0.1) is 4.72 Å². The van der Waals surface area contributed by atoms with E-state index in [9.17, 15) is 23.3 Å². The third-order valence-electron chi connectivity index (χ3n) is 3.43. The molecular formula is C14H21N3O6S. The molecule has 0 fully saturated rings. The fraction of sp³-hybridized carbons (Fsp3) is 0.500. The van der Waals surface area contributed by atoms with Crippen LogP contribution in [0.2, 0.25) is 0 Å². The van der Waals surface area contributed by atoms with E-state index >= 15 is 0 Å². The predicted molar refractivity (Wildman–Crippen MR) is 86.0 cm³/mol. The van der Waals surface area contributed by atoms with Crippen molar-refractivity contribution >= 4 is 16.0 Å². The van der Waals surface area contributed by atoms with E-state index in [1.165, 1.54) is 24.3 Å². The summed E-state index contributed by atoms with van der Waals surface area (Å²) in [6, 6.07) is 7.11. The summed E-state index contributed by atoms with van der Waals surface area (Å²) < 4.78 is 31.2. The Labute approximate surface area is 140 Å². The van der Waals surface area contributed by atoms with Crippen LogP contribution in [0, 0.1) is 10.1 Å². The van der Waals surface area contributed by atoms with E-state index < -0.39 is 26.6 Å². The average Bonchev–Trinajstić information content (AvgIpc) is 2.57. The largest absolute Gasteiger partial charge is 0.463 e. The number of unbranched alkanes of at least 4 members (excludes halogenated alkanes) is 2. The van der Waals surface area contributed by atoms with Crippen LogP contribution in [0.4, 0.5) is 0 Å². The van der Waals surface area contributed by atoms with E-state index in [4.69, 9.17) is 5.73 Å². The SMILES string of the molecule is COC(=O)C(CCCCCN)(NS(=O)(=O)c1ccccc1)[N+](=O)[O-]. The highest BCUT2D eigenvalue weighted by atomic mass is 32.2. The number of nitro groups is 1. The van der Waals surface area contributed by atoms with Crippen LogP contribution in [0.3, 0.4) is 0 Å². The van der Waals surface area contributed by atoms with Gasteiger partial charge in [-0.2, -0.15) is 0 Å². The Hall–Kier alpha value is -2.04. The van der Waals surface area contributed by atoms with Crippen LogP contribution in [-0.4, -0.2) is 38.6 Å². The lowest BCUT2D eigenvalue weighted by Crippen LogP contribution is -2.60. The van der Waals surface area contributed by atoms with Gasteiger partial charge in [0.15, 0.2) is 0 Å². The molecule has 0 aliphatic carbocycles. The fourth-order valence-electron chi connectivity index (χ4n) is 2.15. The highest BCUT2D eigenvalue weighted by molar-refractivity contribution is 7.89. The predicted octanol–water partition coefficient (Wildman–Crippen LogP) is 0.630. The molecule has 0 saturated carbocycles. The van der Waals surface area contributed by atoms with Crippen molar-refractivity contribution in [2.45, 2.75) is 36.2 Å². The monoisotopic (exact) mass is 359 g/mol. The van der Waals surface area contributed by atoms with Crippen LogP contribution in [0.1, 0.15) is 25.7 Å². The van der Waals surface area contributed by atoms with Crippen molar-refractivity contribution in [1.29, 1.82) is 0 Å². The number of carbonyl (C=O) groups is 1. The molecule has 24 heavy (non-hydrogen) atoms. The number of esters is 1. The van der Waals surface area contributed by atoms with Gasteiger partial charge in [0.25, 0.3) is 0 Å². The maximum Gasteiger partial charge on any atom is 0.402 e. The number of ether oxygens (including phenoxy) is 1. The lowest BCUT2D eigenvalue weighted by molar-refractivity contribution is -0.560. The Bertz CT molecular complexity index is 664. The Morgan fingerprint density at radius 3 is 2.42 bits per heavy atom. The summed E-state index contributed by atoms with van der Waals surface area (Å²) in [5, 5.41) is 11.5. The molecule has 3 N–H and O–H groups in total. The molecule has 1 aromatic rings. The summed E-state index contributed by atoms with van der Waals surface area (Å²) in [6.07, 6.45) is 1.04. The van der Waals surface area contributed by atoms with Crippen LogP contribution >= 0.6 is 0 Å². The number of nitrogens with two attached hydrogens (primary N) is 1. The Balaban J connectivity index is 3.16. The van der Waals surface area contributed by atoms with Crippen LogP contribution < -0.4 is 10.5 Å². The summed E-state index contributed by atoms with van der Waals surface area (Å²) in [5.74, 6) is -1.26. The van der Waals surface area contributed by atoms with E-state index in [2.05, 4.69) is 4.74 Å². The zero-order chi connectivity index (χ0) is 18.2. The first-order valence-corrected chi connectivity index (χ1v) is 8.80. The number of hydrogen-bond donors (Lipinski definition) is 2. The highest BCUT2D eigenvalue weighted by Gasteiger charge is 2.55. The van der Waals surface area contributed by atoms with Gasteiger partial charge in [0.1, 0.15) is 0 Å². The molecule has 0 aliphatic rings. The second-order valence-electron chi connectivity index (χ2n) is 5.13. The first-order valence-electron chi connectivity index (χ1n) is 7.32. The minimum atomic E-state index is -4.28. The van der Waals surface area contributed by atoms with Crippen LogP contribution in [-0.2, 0) is 19.6 Å². The van der Waals surface area contributed by atoms with Gasteiger partial charge in [0.05, 0.1) is 16.9 Å². The van der Waals surface area contributed by atoms with Crippen molar-refractivity contribution in [2.75, 3.05) is 13.7 Å². The molecule has 9 nitrogen and oxygen atoms in total. The number of nitrogens with one attached hydrogen (secondary N) is 1. The van der Waals surface area contributed by atoms with Crippen molar-refractivity contribution in [1.82, 2.24) is 4.72 Å². The standard InChI is InChI=1S/C14H21N3O6S/c1-23-13(18)14(17(19)20,10-6-3-7-11-15)16-24(21,22)12-8-4-2-5-9-12/h2,4-5,8-9,16H,3,6-7,10-11,15H2,1H3. The van der Waals surface area contributed by atoms with Gasteiger partial charge >= 0.3 is 11.6 Å². The number of hydrogen-bond acceptors (Lipinski definition) is 7. The molecular weight excluding hydrogens is 338 g/mol. The number of rotatable bonds is 10. The first kappa shape index (κ1) is 20.0. The molecule has 0 spiro atoms. The van der Waals surface area contributed by atoms with Crippen molar-refractivity contribution in [3.05, 3.63) is 40.4 Å². The third-order valence-corrected chi connectivity index (χ3v) is 4.93. The second kappa shape index (κ2) is 8.71. The molecule has 0 aromatic heterocycles. The van der Waals surface area contributed by atoms with Gasteiger partial charge in [-0.3, -0.25) is 10.1 Å². The summed E-state index contributed by atoms with van der Waals surface area (Å²) in [4.78, 5) is 22.4. The summed E-state index contributed by atoms with van der Waals surface area (Å²) in [7, 11) is -3.31. The van der Waals surface area contributed by atoms with Gasteiger partial charge in [-0.25, -0.2) is 13.2 Å². The number of methoxy groups -OCH3 is 1. The molecule has 1 atom stereocenters. The maximum atomic E-state index is 12.4. The number of carbonyl (C=O) groups excluding carboxylic acids is 1. The van der Waals surface area contributed by atoms with E-state index in [0.29, 0.717) is 19.4 Å². The number of benzene rings is 1. The zero-order valence-corrected chi connectivity index (χ0v) is 14.1. The lowest BCUT2D eigenvalue weighted by atomic mass is 10.0. The topological polar surface area (TPSA) is 142 Å². The lowest BCUT2D eigenvalue weighted by Gasteiger charge is -2.23. The van der Waals surface area contributed by atoms with Gasteiger partial charge in [-0.1, -0.05) is 24.6 Å². The highest BCUT2D eigenvalue weighted by Crippen LogP contribution is 2.22. The third kappa shape index (κ3) is 4.73. The zero-order valence-electron chi connectivity index (χ0n) is 13.3. The molecule has 1 rings (SSSR count). The molecule has 0 aliphatic heterocycles. The average molecular weight is 359 g/mol. The molecule has 134 valence electrons. The van der Waals surface area contributed by atoms with Gasteiger partial charge < -0.3 is 10.5 Å². The fourth-order valence-corrected chi connectivity index (χ4v) is 3.49. The number of sulfonamides is 1. The van der Waals surface area contributed by atoms with Crippen molar-refractivity contribution < 1.29 is 22.9 Å². The van der Waals surface area contributed by atoms with Gasteiger partial charge in [0, 0.05) is 6.42 Å². The summed E-state index contributed by atoms with van der Waals surface area (Å²) >= 11 is 0. The second-order valence-corrected chi connectivity index (χ2v) is 6.81. The number of nitrogens with zero attached hydrogens (tertiary/aromatic N) is 1. The summed E-state index contributed by atoms with van der Waals surface area (Å²) in [6.45, 7) is 0.402. The smallest absolute Gasteiger partial charge is 0.402 e. The maximum absolute atomic E-state index is 12.4. The first-order chi connectivity index (χ1) is 11.3. The normalized spacial score (nSPS) is 13.9. The van der Waals surface area contributed by atoms with Crippen molar-refractivity contribution in [3.63, 3.8) is 0 Å². The minimum absolute atomic E-state index is 0.179. The van der Waals surface area contributed by atoms with E-state index in [1.807, 2.05) is 4.72 Å². The molecule has 1 aromatic carbocycles. The van der Waals surface area contributed by atoms with Gasteiger partial charge in [0.2, 0.25) is 10.0 Å². The van der Waals surface area contributed by atoms with E-state index in [1.54, 1.807) is 6.07 Å². The Kier molecular flexibility index (Phi) is 7.26. The van der Waals surface area contributed by atoms with Crippen molar-refractivity contribution in [3.8, 4) is 0 Å². The van der Waals surface area contributed by atoms with Crippen molar-refractivity contribution in [2.24, 2.45) is 5.73 Å². The minimum Gasteiger partial charge on any atom is -0.463 e. The van der Waals surface area contributed by atoms with Crippen LogP contribution in [0.25, 0.3) is 0 Å². The van der Waals surface area contributed by atoms with Crippen LogP contribution in [0.15, 0.2) is 35.2 Å². The quantitative estimate of drug-likeness (QED) is 0.205. The molecule has 0 bridgehead atoms. The summed E-state index contributed by atoms with van der Waals surface area (Å²) in [5.41, 5.74) is 2.79. The van der Waals surface area contributed by atoms with E-state index in [0.717, 1.165) is 7.11 Å². The molecule has 1 unspecified atom stereocenters. The molecule has 10 heteroatoms.